The molecule has 1 aromatic carbocycles. The molecule has 0 saturated heterocycles. The molecule has 0 unspecified atom stereocenters. The van der Waals surface area contributed by atoms with Crippen molar-refractivity contribution < 1.29 is 28.9 Å². The molecule has 202 valence electrons. The summed E-state index contributed by atoms with van der Waals surface area (Å²) in [5, 5.41) is 16.0. The summed E-state index contributed by atoms with van der Waals surface area (Å²) in [4.78, 5) is 37.4. The fourth-order valence-electron chi connectivity index (χ4n) is 4.81. The maximum Gasteiger partial charge on any atom is 0.255 e. The molecule has 11 nitrogen and oxygen atoms in total. The molecule has 2 saturated carbocycles. The first-order valence-corrected chi connectivity index (χ1v) is 12.9. The lowest BCUT2D eigenvalue weighted by molar-refractivity contribution is -0.132. The van der Waals surface area contributed by atoms with Crippen LogP contribution in [0.3, 0.4) is 0 Å². The van der Waals surface area contributed by atoms with Gasteiger partial charge in [0.15, 0.2) is 0 Å². The van der Waals surface area contributed by atoms with Crippen LogP contribution in [0.1, 0.15) is 48.9 Å². The number of carbonyl (C=O) groups is 2. The van der Waals surface area contributed by atoms with Crippen molar-refractivity contribution in [3.05, 3.63) is 36.3 Å². The van der Waals surface area contributed by atoms with Crippen LogP contribution in [-0.4, -0.2) is 77.0 Å². The number of aromatic nitrogens is 3. The van der Waals surface area contributed by atoms with Crippen molar-refractivity contribution in [2.75, 3.05) is 27.4 Å². The predicted molar refractivity (Wildman–Crippen MR) is 139 cm³/mol. The number of benzene rings is 1. The van der Waals surface area contributed by atoms with Crippen molar-refractivity contribution in [3.8, 4) is 22.8 Å². The number of H-pyrrole nitrogens is 1. The van der Waals surface area contributed by atoms with E-state index in [1.165, 1.54) is 6.33 Å². The van der Waals surface area contributed by atoms with Crippen molar-refractivity contribution >= 4 is 22.8 Å². The van der Waals surface area contributed by atoms with Gasteiger partial charge < -0.3 is 34.9 Å². The number of rotatable bonds is 10. The zero-order chi connectivity index (χ0) is 26.7. The number of hydrogen-bond acceptors (Lipinski definition) is 8. The number of nitrogens with one attached hydrogen (secondary N) is 3. The fraction of sp³-hybridized carbons (Fsp3) is 0.481. The standard InChI is InChI=1S/C27H33N5O6/c1-36-11-12-38-21-13-18(37-2)7-8-19(21)22-24-23(30-15-29-22)20(14-28-24)25(33)31-16-3-5-17(6-4-16)32-26(34)27(35)9-10-27/h7-8,13-17,28,35H,3-6,9-12H2,1-2H3,(H,31,33)(H,32,34). The molecule has 11 heteroatoms. The highest BCUT2D eigenvalue weighted by atomic mass is 16.5. The van der Waals surface area contributed by atoms with Crippen LogP contribution >= 0.6 is 0 Å². The maximum atomic E-state index is 13.2. The third-order valence-electron chi connectivity index (χ3n) is 7.24. The zero-order valence-electron chi connectivity index (χ0n) is 21.6. The molecule has 0 bridgehead atoms. The van der Waals surface area contributed by atoms with Crippen molar-refractivity contribution in [1.29, 1.82) is 0 Å². The highest BCUT2D eigenvalue weighted by molar-refractivity contribution is 6.08. The van der Waals surface area contributed by atoms with E-state index < -0.39 is 5.60 Å². The number of hydrogen-bond donors (Lipinski definition) is 4. The molecule has 2 amide bonds. The summed E-state index contributed by atoms with van der Waals surface area (Å²) in [6, 6.07) is 5.50. The van der Waals surface area contributed by atoms with E-state index in [-0.39, 0.29) is 23.9 Å². The van der Waals surface area contributed by atoms with Gasteiger partial charge in [-0.15, -0.1) is 0 Å². The lowest BCUT2D eigenvalue weighted by Gasteiger charge is -2.30. The van der Waals surface area contributed by atoms with E-state index in [9.17, 15) is 14.7 Å². The van der Waals surface area contributed by atoms with E-state index in [1.807, 2.05) is 12.1 Å². The Labute approximate surface area is 220 Å². The fourth-order valence-corrected chi connectivity index (χ4v) is 4.81. The van der Waals surface area contributed by atoms with Crippen LogP contribution in [0.25, 0.3) is 22.3 Å². The molecule has 4 N–H and O–H groups in total. The minimum Gasteiger partial charge on any atom is -0.497 e. The quantitative estimate of drug-likeness (QED) is 0.296. The molecule has 0 atom stereocenters. The number of nitrogens with zero attached hydrogens (tertiary/aromatic N) is 2. The van der Waals surface area contributed by atoms with E-state index in [4.69, 9.17) is 14.2 Å². The van der Waals surface area contributed by atoms with Crippen molar-refractivity contribution in [2.45, 2.75) is 56.2 Å². The van der Waals surface area contributed by atoms with Crippen LogP contribution in [0.15, 0.2) is 30.7 Å². The Morgan fingerprint density at radius 3 is 2.50 bits per heavy atom. The van der Waals surface area contributed by atoms with E-state index in [0.29, 0.717) is 59.8 Å². The van der Waals surface area contributed by atoms with Gasteiger partial charge in [0.2, 0.25) is 0 Å². The molecule has 2 heterocycles. The van der Waals surface area contributed by atoms with E-state index in [1.54, 1.807) is 26.5 Å². The molecule has 2 fully saturated rings. The summed E-state index contributed by atoms with van der Waals surface area (Å²) in [6.07, 6.45) is 7.12. The average Bonchev–Trinajstić information content (AvgIpc) is 3.53. The second kappa shape index (κ2) is 11.0. The first-order chi connectivity index (χ1) is 18.4. The summed E-state index contributed by atoms with van der Waals surface area (Å²) in [7, 11) is 3.20. The van der Waals surface area contributed by atoms with Gasteiger partial charge in [0.05, 0.1) is 24.8 Å². The number of aliphatic hydroxyl groups is 1. The largest absolute Gasteiger partial charge is 0.497 e. The Bertz CT molecular complexity index is 1310. The van der Waals surface area contributed by atoms with Crippen LogP contribution in [0, 0.1) is 0 Å². The van der Waals surface area contributed by atoms with Gasteiger partial charge in [-0.1, -0.05) is 0 Å². The van der Waals surface area contributed by atoms with E-state index in [0.717, 1.165) is 31.2 Å². The number of ether oxygens (including phenoxy) is 3. The molecule has 0 spiro atoms. The summed E-state index contributed by atoms with van der Waals surface area (Å²) >= 11 is 0. The Kier molecular flexibility index (Phi) is 7.48. The minimum atomic E-state index is -1.16. The number of methoxy groups -OCH3 is 2. The van der Waals surface area contributed by atoms with Gasteiger partial charge in [-0.05, 0) is 50.7 Å². The number of carbonyl (C=O) groups excluding carboxylic acids is 2. The topological polar surface area (TPSA) is 148 Å². The predicted octanol–water partition coefficient (Wildman–Crippen LogP) is 2.34. The van der Waals surface area contributed by atoms with Gasteiger partial charge in [0.25, 0.3) is 11.8 Å². The molecule has 2 aromatic heterocycles. The second-order valence-corrected chi connectivity index (χ2v) is 9.88. The first kappa shape index (κ1) is 25.9. The van der Waals surface area contributed by atoms with Gasteiger partial charge >= 0.3 is 0 Å². The zero-order valence-corrected chi connectivity index (χ0v) is 21.6. The Hall–Kier alpha value is -3.70. The lowest BCUT2D eigenvalue weighted by atomic mass is 9.90. The van der Waals surface area contributed by atoms with Gasteiger partial charge in [-0.3, -0.25) is 9.59 Å². The Balaban J connectivity index is 1.29. The summed E-state index contributed by atoms with van der Waals surface area (Å²) in [5.41, 5.74) is 1.76. The monoisotopic (exact) mass is 523 g/mol. The normalized spacial score (nSPS) is 20.1. The smallest absolute Gasteiger partial charge is 0.255 e. The Morgan fingerprint density at radius 2 is 1.82 bits per heavy atom. The summed E-state index contributed by atoms with van der Waals surface area (Å²) in [6.45, 7) is 0.787. The summed E-state index contributed by atoms with van der Waals surface area (Å²) < 4.78 is 16.4. The molecule has 2 aliphatic rings. The molecular formula is C27H33N5O6. The summed E-state index contributed by atoms with van der Waals surface area (Å²) in [5.74, 6) is 0.741. The lowest BCUT2D eigenvalue weighted by Crippen LogP contribution is -2.47. The molecule has 2 aliphatic carbocycles. The van der Waals surface area contributed by atoms with Crippen LogP contribution < -0.4 is 20.1 Å². The van der Waals surface area contributed by atoms with E-state index >= 15 is 0 Å². The second-order valence-electron chi connectivity index (χ2n) is 9.88. The van der Waals surface area contributed by atoms with Crippen LogP contribution in [-0.2, 0) is 9.53 Å². The average molecular weight is 524 g/mol. The molecular weight excluding hydrogens is 490 g/mol. The van der Waals surface area contributed by atoms with Gasteiger partial charge in [0, 0.05) is 37.0 Å². The number of amides is 2. The SMILES string of the molecule is COCCOc1cc(OC)ccc1-c1ncnc2c(C(=O)NC3CCC(NC(=O)C4(O)CC4)CC3)c[nH]c12. The first-order valence-electron chi connectivity index (χ1n) is 12.9. The molecule has 0 aliphatic heterocycles. The Morgan fingerprint density at radius 1 is 1.08 bits per heavy atom. The van der Waals surface area contributed by atoms with Crippen LogP contribution in [0.5, 0.6) is 11.5 Å². The third-order valence-corrected chi connectivity index (χ3v) is 7.24. The van der Waals surface area contributed by atoms with Crippen molar-refractivity contribution in [2.24, 2.45) is 0 Å². The van der Waals surface area contributed by atoms with Crippen molar-refractivity contribution in [1.82, 2.24) is 25.6 Å². The molecule has 5 rings (SSSR count). The van der Waals surface area contributed by atoms with Crippen LogP contribution in [0.2, 0.25) is 0 Å². The van der Waals surface area contributed by atoms with Crippen molar-refractivity contribution in [3.63, 3.8) is 0 Å². The van der Waals surface area contributed by atoms with Gasteiger partial charge in [0.1, 0.15) is 41.2 Å². The van der Waals surface area contributed by atoms with Gasteiger partial charge in [-0.2, -0.15) is 0 Å². The molecule has 3 aromatic rings. The third kappa shape index (κ3) is 5.44. The van der Waals surface area contributed by atoms with E-state index in [2.05, 4.69) is 25.6 Å². The molecule has 0 radical (unpaired) electrons. The van der Waals surface area contributed by atoms with Gasteiger partial charge in [-0.25, -0.2) is 9.97 Å². The highest BCUT2D eigenvalue weighted by Gasteiger charge is 2.48. The minimum absolute atomic E-state index is 0.00621. The number of fused-ring (bicyclic) bond motifs is 1. The maximum absolute atomic E-state index is 13.2. The molecule has 38 heavy (non-hydrogen) atoms. The highest BCUT2D eigenvalue weighted by Crippen LogP contribution is 2.37. The van der Waals surface area contributed by atoms with Crippen LogP contribution in [0.4, 0.5) is 0 Å². The number of aromatic amines is 1.